The third-order valence-corrected chi connectivity index (χ3v) is 6.78. The summed E-state index contributed by atoms with van der Waals surface area (Å²) in [5.41, 5.74) is 1.50. The Kier molecular flexibility index (Phi) is 12.2. The molecule has 1 amide bonds. The van der Waals surface area contributed by atoms with E-state index in [-0.39, 0.29) is 22.5 Å². The normalized spacial score (nSPS) is 13.8. The molecule has 3 rings (SSSR count). The van der Waals surface area contributed by atoms with E-state index < -0.39 is 12.7 Å². The van der Waals surface area contributed by atoms with Gasteiger partial charge in [-0.1, -0.05) is 30.1 Å². The van der Waals surface area contributed by atoms with Gasteiger partial charge in [-0.3, -0.25) is 14.8 Å². The van der Waals surface area contributed by atoms with E-state index in [1.807, 2.05) is 18.2 Å². The largest absolute Gasteiger partial charge is 0.348 e. The van der Waals surface area contributed by atoms with E-state index in [0.29, 0.717) is 23.7 Å². The van der Waals surface area contributed by atoms with E-state index >= 15 is 0 Å². The molecule has 33 heavy (non-hydrogen) atoms. The van der Waals surface area contributed by atoms with Crippen molar-refractivity contribution in [2.24, 2.45) is 5.14 Å². The number of nitrogens with two attached hydrogens (primary N) is 1. The summed E-state index contributed by atoms with van der Waals surface area (Å²) in [5.74, 6) is 0.0363. The van der Waals surface area contributed by atoms with Crippen LogP contribution in [-0.4, -0.2) is 42.6 Å². The molecule has 1 aliphatic rings. The minimum atomic E-state index is -1.75. The van der Waals surface area contributed by atoms with Crippen LogP contribution in [0.1, 0.15) is 28.4 Å². The first-order valence-corrected chi connectivity index (χ1v) is 12.6. The number of hydrogen-bond acceptors (Lipinski definition) is 6. The molecule has 2 aromatic carbocycles. The van der Waals surface area contributed by atoms with Crippen LogP contribution in [0.3, 0.4) is 0 Å². The van der Waals surface area contributed by atoms with Crippen LogP contribution in [0.4, 0.5) is 13.2 Å². The number of thioether (sulfide) groups is 1. The quantitative estimate of drug-likeness (QED) is 0.294. The molecule has 0 saturated carbocycles. The molecule has 1 fully saturated rings. The summed E-state index contributed by atoms with van der Waals surface area (Å²) in [6.45, 7) is 2.52. The molecule has 182 valence electrons. The first kappa shape index (κ1) is 28.1. The Bertz CT molecular complexity index is 913. The van der Waals surface area contributed by atoms with Crippen LogP contribution >= 0.6 is 47.1 Å². The van der Waals surface area contributed by atoms with Gasteiger partial charge in [0.2, 0.25) is 6.93 Å². The molecule has 0 aliphatic carbocycles. The summed E-state index contributed by atoms with van der Waals surface area (Å²) in [6, 6.07) is 8.63. The molecule has 0 aromatic heterocycles. The van der Waals surface area contributed by atoms with Crippen molar-refractivity contribution in [2.45, 2.75) is 31.0 Å². The lowest BCUT2D eigenvalue weighted by molar-refractivity contribution is 0.0950. The van der Waals surface area contributed by atoms with Gasteiger partial charge in [-0.05, 0) is 41.6 Å². The van der Waals surface area contributed by atoms with Crippen molar-refractivity contribution in [1.82, 2.24) is 14.9 Å². The molecule has 12 heteroatoms. The Morgan fingerprint density at radius 1 is 1.24 bits per heavy atom. The van der Waals surface area contributed by atoms with E-state index in [1.165, 1.54) is 12.1 Å². The van der Waals surface area contributed by atoms with E-state index in [2.05, 4.69) is 21.9 Å². The number of alkyl halides is 2. The third-order valence-electron chi connectivity index (χ3n) is 4.74. The maximum absolute atomic E-state index is 14.7. The number of nitrogens with one attached hydrogen (secondary N) is 2. The Morgan fingerprint density at radius 2 is 1.94 bits per heavy atom. The summed E-state index contributed by atoms with van der Waals surface area (Å²) >= 11 is 15.1. The average Bonchev–Trinajstić information content (AvgIpc) is 2.74. The van der Waals surface area contributed by atoms with Gasteiger partial charge in [0.05, 0.1) is 0 Å². The van der Waals surface area contributed by atoms with Gasteiger partial charge >= 0.3 is 0 Å². The highest BCUT2D eigenvalue weighted by Gasteiger charge is 2.28. The van der Waals surface area contributed by atoms with Crippen LogP contribution in [0.15, 0.2) is 35.2 Å². The van der Waals surface area contributed by atoms with Gasteiger partial charge in [-0.25, -0.2) is 17.9 Å². The number of benzene rings is 2. The second-order valence-corrected chi connectivity index (χ2v) is 9.63. The van der Waals surface area contributed by atoms with Gasteiger partial charge in [0.1, 0.15) is 5.82 Å². The molecule has 1 saturated heterocycles. The second-order valence-electron chi connectivity index (χ2n) is 7.01. The monoisotopic (exact) mass is 540 g/mol. The highest BCUT2D eigenvalue weighted by Crippen LogP contribution is 2.27. The fourth-order valence-corrected chi connectivity index (χ4v) is 4.83. The number of likely N-dealkylation sites (tertiary alicyclic amines) is 1. The maximum atomic E-state index is 14.7. The molecule has 0 spiro atoms. The summed E-state index contributed by atoms with van der Waals surface area (Å²) in [4.78, 5) is 15.7. The van der Waals surface area contributed by atoms with Gasteiger partial charge in [0.25, 0.3) is 5.91 Å². The van der Waals surface area contributed by atoms with Gasteiger partial charge < -0.3 is 5.32 Å². The summed E-state index contributed by atoms with van der Waals surface area (Å²) in [5, 5.41) is 9.06. The topological polar surface area (TPSA) is 70.4 Å². The van der Waals surface area contributed by atoms with Crippen LogP contribution in [0.2, 0.25) is 10.0 Å². The fourth-order valence-electron chi connectivity index (χ4n) is 3.24. The molecule has 1 aliphatic heterocycles. The van der Waals surface area contributed by atoms with Crippen molar-refractivity contribution in [1.29, 1.82) is 0 Å². The number of hydrogen-bond donors (Lipinski definition) is 3. The van der Waals surface area contributed by atoms with Crippen molar-refractivity contribution in [2.75, 3.05) is 25.8 Å². The zero-order chi connectivity index (χ0) is 24.4. The Labute approximate surface area is 210 Å². The molecular weight excluding hydrogens is 516 g/mol. The van der Waals surface area contributed by atoms with Gasteiger partial charge in [-0.2, -0.15) is 0 Å². The zero-order valence-corrected chi connectivity index (χ0v) is 21.0. The Morgan fingerprint density at radius 3 is 2.55 bits per heavy atom. The number of halogens is 5. The number of carbonyl (C=O) groups is 1. The highest BCUT2D eigenvalue weighted by atomic mass is 35.5. The van der Waals surface area contributed by atoms with Crippen molar-refractivity contribution in [3.05, 3.63) is 62.9 Å². The van der Waals surface area contributed by atoms with E-state index in [1.54, 1.807) is 11.8 Å². The zero-order valence-electron chi connectivity index (χ0n) is 17.8. The van der Waals surface area contributed by atoms with Crippen LogP contribution in [-0.2, 0) is 13.1 Å². The number of nitrogens with zero attached hydrogens (tertiary/aromatic N) is 1. The number of amides is 1. The van der Waals surface area contributed by atoms with Gasteiger partial charge in [-0.15, -0.1) is 11.8 Å². The van der Waals surface area contributed by atoms with Crippen LogP contribution in [0.25, 0.3) is 0 Å². The summed E-state index contributed by atoms with van der Waals surface area (Å²) < 4.78 is 37.0. The fraction of sp³-hybridized carbons (Fsp3) is 0.381. The molecule has 0 radical (unpaired) electrons. The first-order valence-electron chi connectivity index (χ1n) is 9.95. The third kappa shape index (κ3) is 8.54. The standard InChI is InChI=1S/C20H23Cl2FN4OS2.CH2F2/c1-2-29-19-4-3-14(21)5-13(19)8-25-20(28)12-6-17(22)16(18(23)7-12)11-27-9-15(10-27)26-30-24;2-1-3/h3-7,15,26H,2,8-11,24H2,1H3,(H,25,28);1H2. The predicted molar refractivity (Wildman–Crippen MR) is 131 cm³/mol. The van der Waals surface area contributed by atoms with Crippen molar-refractivity contribution in [3.63, 3.8) is 0 Å². The second kappa shape index (κ2) is 14.3. The van der Waals surface area contributed by atoms with Crippen LogP contribution in [0.5, 0.6) is 0 Å². The van der Waals surface area contributed by atoms with E-state index in [9.17, 15) is 18.0 Å². The van der Waals surface area contributed by atoms with Crippen molar-refractivity contribution >= 4 is 53.0 Å². The van der Waals surface area contributed by atoms with Crippen LogP contribution in [0, 0.1) is 5.82 Å². The smallest absolute Gasteiger partial charge is 0.251 e. The molecule has 4 N–H and O–H groups in total. The summed E-state index contributed by atoms with van der Waals surface area (Å²) in [6.07, 6.45) is 0. The predicted octanol–water partition coefficient (Wildman–Crippen LogP) is 5.35. The molecular formula is C21H25Cl2F3N4OS2. The van der Waals surface area contributed by atoms with E-state index in [0.717, 1.165) is 41.4 Å². The Balaban J connectivity index is 0.00000122. The maximum Gasteiger partial charge on any atom is 0.251 e. The van der Waals surface area contributed by atoms with Gasteiger partial charge in [0.15, 0.2) is 0 Å². The lowest BCUT2D eigenvalue weighted by Crippen LogP contribution is -2.55. The molecule has 0 atom stereocenters. The molecule has 2 aromatic rings. The Hall–Kier alpha value is -1.14. The first-order chi connectivity index (χ1) is 15.8. The van der Waals surface area contributed by atoms with Crippen molar-refractivity contribution in [3.8, 4) is 0 Å². The lowest BCUT2D eigenvalue weighted by atomic mass is 10.1. The number of rotatable bonds is 9. The van der Waals surface area contributed by atoms with Gasteiger partial charge in [0, 0.05) is 70.4 Å². The van der Waals surface area contributed by atoms with Crippen molar-refractivity contribution < 1.29 is 18.0 Å². The SMILES string of the molecule is CCSc1ccc(Cl)cc1CNC(=O)c1cc(F)c(CN2CC(NSN)C2)c(Cl)c1.FCF. The highest BCUT2D eigenvalue weighted by molar-refractivity contribution is 7.99. The summed E-state index contributed by atoms with van der Waals surface area (Å²) in [7, 11) is 0. The molecule has 5 nitrogen and oxygen atoms in total. The average molecular weight is 541 g/mol. The van der Waals surface area contributed by atoms with Crippen LogP contribution < -0.4 is 15.2 Å². The molecule has 0 unspecified atom stereocenters. The molecule has 0 bridgehead atoms. The lowest BCUT2D eigenvalue weighted by Gasteiger charge is -2.39. The van der Waals surface area contributed by atoms with E-state index in [4.69, 9.17) is 28.3 Å². The minimum Gasteiger partial charge on any atom is -0.348 e. The molecule has 1 heterocycles. The number of carbonyl (C=O) groups excluding carboxylic acids is 1. The minimum absolute atomic E-state index is 0.190.